The average molecular weight is 225 g/mol. The van der Waals surface area contributed by atoms with E-state index in [4.69, 9.17) is 0 Å². The minimum atomic E-state index is 0.626. The van der Waals surface area contributed by atoms with Crippen LogP contribution in [0.4, 0.5) is 0 Å². The van der Waals surface area contributed by atoms with E-state index in [0.717, 1.165) is 12.5 Å². The van der Waals surface area contributed by atoms with Crippen LogP contribution in [-0.2, 0) is 6.54 Å². The molecule has 0 saturated heterocycles. The van der Waals surface area contributed by atoms with Crippen molar-refractivity contribution in [3.05, 3.63) is 21.9 Å². The smallest absolute Gasteiger partial charge is 0.0304 e. The fourth-order valence-electron chi connectivity index (χ4n) is 2.00. The molecule has 1 aromatic rings. The molecule has 0 bridgehead atoms. The maximum absolute atomic E-state index is 3.64. The lowest BCUT2D eigenvalue weighted by Gasteiger charge is -2.22. The second-order valence-electron chi connectivity index (χ2n) is 4.27. The van der Waals surface area contributed by atoms with Gasteiger partial charge in [0.2, 0.25) is 0 Å². The molecule has 0 spiro atoms. The largest absolute Gasteiger partial charge is 0.309 e. The van der Waals surface area contributed by atoms with Gasteiger partial charge in [0.1, 0.15) is 0 Å². The summed E-state index contributed by atoms with van der Waals surface area (Å²) >= 11 is 1.86. The molecule has 0 radical (unpaired) electrons. The topological polar surface area (TPSA) is 12.0 Å². The highest BCUT2D eigenvalue weighted by atomic mass is 32.1. The van der Waals surface area contributed by atoms with Crippen LogP contribution in [-0.4, -0.2) is 6.04 Å². The molecular formula is C13H23NS. The zero-order valence-electron chi connectivity index (χ0n) is 10.3. The predicted molar refractivity (Wildman–Crippen MR) is 69.4 cm³/mol. The molecule has 15 heavy (non-hydrogen) atoms. The van der Waals surface area contributed by atoms with Crippen LogP contribution in [0.1, 0.15) is 44.1 Å². The van der Waals surface area contributed by atoms with E-state index in [0.29, 0.717) is 6.04 Å². The molecule has 1 unspecified atom stereocenters. The van der Waals surface area contributed by atoms with Crippen molar-refractivity contribution in [3.8, 4) is 0 Å². The molecule has 1 rings (SSSR count). The van der Waals surface area contributed by atoms with Crippen molar-refractivity contribution in [1.29, 1.82) is 0 Å². The second kappa shape index (κ2) is 6.29. The monoisotopic (exact) mass is 225 g/mol. The third-order valence-electron chi connectivity index (χ3n) is 3.31. The Morgan fingerprint density at radius 1 is 1.33 bits per heavy atom. The van der Waals surface area contributed by atoms with Gasteiger partial charge in [-0.15, -0.1) is 11.3 Å². The Kier molecular flexibility index (Phi) is 5.34. The quantitative estimate of drug-likeness (QED) is 0.772. The van der Waals surface area contributed by atoms with Gasteiger partial charge in [0.25, 0.3) is 0 Å². The van der Waals surface area contributed by atoms with Crippen LogP contribution in [0, 0.1) is 12.8 Å². The lowest BCUT2D eigenvalue weighted by Crippen LogP contribution is -2.32. The number of aryl methyl sites for hydroxylation is 1. The molecule has 1 atom stereocenters. The first-order valence-electron chi connectivity index (χ1n) is 5.95. The van der Waals surface area contributed by atoms with Gasteiger partial charge in [-0.2, -0.15) is 0 Å². The number of hydrogen-bond donors (Lipinski definition) is 1. The molecule has 0 aromatic carbocycles. The molecule has 1 N–H and O–H groups in total. The van der Waals surface area contributed by atoms with Crippen molar-refractivity contribution in [2.75, 3.05) is 0 Å². The number of rotatable bonds is 6. The van der Waals surface area contributed by atoms with Gasteiger partial charge in [0, 0.05) is 17.5 Å². The lowest BCUT2D eigenvalue weighted by molar-refractivity contribution is 0.354. The summed E-state index contributed by atoms with van der Waals surface area (Å²) < 4.78 is 0. The second-order valence-corrected chi connectivity index (χ2v) is 5.27. The summed E-state index contributed by atoms with van der Waals surface area (Å²) in [4.78, 5) is 1.48. The molecular weight excluding hydrogens is 202 g/mol. The molecule has 1 heterocycles. The van der Waals surface area contributed by atoms with E-state index in [1.165, 1.54) is 23.3 Å². The van der Waals surface area contributed by atoms with Crippen molar-refractivity contribution in [1.82, 2.24) is 5.32 Å². The van der Waals surface area contributed by atoms with Crippen molar-refractivity contribution in [3.63, 3.8) is 0 Å². The van der Waals surface area contributed by atoms with E-state index < -0.39 is 0 Å². The molecule has 0 aliphatic heterocycles. The molecule has 0 fully saturated rings. The summed E-state index contributed by atoms with van der Waals surface area (Å²) in [5.41, 5.74) is 1.42. The maximum atomic E-state index is 3.64. The van der Waals surface area contributed by atoms with Crippen LogP contribution < -0.4 is 5.32 Å². The lowest BCUT2D eigenvalue weighted by atomic mass is 9.95. The predicted octanol–water partition coefficient (Wildman–Crippen LogP) is 3.97. The molecule has 0 aliphatic rings. The summed E-state index contributed by atoms with van der Waals surface area (Å²) in [7, 11) is 0. The first kappa shape index (κ1) is 12.7. The third kappa shape index (κ3) is 3.62. The highest BCUT2D eigenvalue weighted by Crippen LogP contribution is 2.17. The fraction of sp³-hybridized carbons (Fsp3) is 0.692. The van der Waals surface area contributed by atoms with Gasteiger partial charge in [-0.3, -0.25) is 0 Å². The van der Waals surface area contributed by atoms with Gasteiger partial charge in [0.15, 0.2) is 0 Å². The summed E-state index contributed by atoms with van der Waals surface area (Å²) in [6.45, 7) is 10.1. The summed E-state index contributed by atoms with van der Waals surface area (Å²) in [6.07, 6.45) is 2.54. The zero-order valence-corrected chi connectivity index (χ0v) is 11.2. The Morgan fingerprint density at radius 2 is 2.00 bits per heavy atom. The fourth-order valence-corrected chi connectivity index (χ4v) is 2.86. The van der Waals surface area contributed by atoms with Gasteiger partial charge < -0.3 is 5.32 Å². The van der Waals surface area contributed by atoms with E-state index >= 15 is 0 Å². The Morgan fingerprint density at radius 3 is 2.47 bits per heavy atom. The first-order valence-corrected chi connectivity index (χ1v) is 6.83. The van der Waals surface area contributed by atoms with E-state index in [2.05, 4.69) is 44.5 Å². The van der Waals surface area contributed by atoms with Gasteiger partial charge in [-0.05, 0) is 36.8 Å². The van der Waals surface area contributed by atoms with E-state index in [-0.39, 0.29) is 0 Å². The molecule has 0 aliphatic carbocycles. The number of thiophene rings is 1. The molecule has 0 amide bonds. The maximum Gasteiger partial charge on any atom is 0.0304 e. The van der Waals surface area contributed by atoms with Crippen LogP contribution in [0.3, 0.4) is 0 Å². The number of nitrogens with one attached hydrogen (secondary N) is 1. The summed E-state index contributed by atoms with van der Waals surface area (Å²) in [6, 6.07) is 2.82. The van der Waals surface area contributed by atoms with Gasteiger partial charge in [-0.25, -0.2) is 0 Å². The van der Waals surface area contributed by atoms with Gasteiger partial charge in [-0.1, -0.05) is 26.7 Å². The highest BCUT2D eigenvalue weighted by molar-refractivity contribution is 7.10. The van der Waals surface area contributed by atoms with E-state index in [9.17, 15) is 0 Å². The molecule has 2 heteroatoms. The van der Waals surface area contributed by atoms with Crippen molar-refractivity contribution >= 4 is 11.3 Å². The van der Waals surface area contributed by atoms with Crippen LogP contribution in [0.25, 0.3) is 0 Å². The normalized spacial score (nSPS) is 13.4. The van der Waals surface area contributed by atoms with E-state index in [1.54, 1.807) is 0 Å². The summed E-state index contributed by atoms with van der Waals surface area (Å²) in [5, 5.41) is 5.81. The van der Waals surface area contributed by atoms with Crippen LogP contribution >= 0.6 is 11.3 Å². The Balaban J connectivity index is 2.40. The van der Waals surface area contributed by atoms with E-state index in [1.807, 2.05) is 11.3 Å². The highest BCUT2D eigenvalue weighted by Gasteiger charge is 2.12. The van der Waals surface area contributed by atoms with Crippen molar-refractivity contribution in [2.45, 2.75) is 53.1 Å². The van der Waals surface area contributed by atoms with Gasteiger partial charge >= 0.3 is 0 Å². The van der Waals surface area contributed by atoms with Crippen LogP contribution in [0.5, 0.6) is 0 Å². The van der Waals surface area contributed by atoms with Gasteiger partial charge in [0.05, 0.1) is 0 Å². The van der Waals surface area contributed by atoms with Crippen molar-refractivity contribution in [2.24, 2.45) is 5.92 Å². The standard InChI is InChI=1S/C13H23NS/c1-5-12(6-2)11(4)14-9-13-10(3)7-8-15-13/h7-8,11-12,14H,5-6,9H2,1-4H3. The molecule has 0 saturated carbocycles. The molecule has 86 valence electrons. The minimum absolute atomic E-state index is 0.626. The SMILES string of the molecule is CCC(CC)C(C)NCc1sccc1C. The minimum Gasteiger partial charge on any atom is -0.309 e. The third-order valence-corrected chi connectivity index (χ3v) is 4.33. The zero-order chi connectivity index (χ0) is 11.3. The molecule has 1 nitrogen and oxygen atoms in total. The Bertz CT molecular complexity index is 276. The summed E-state index contributed by atoms with van der Waals surface area (Å²) in [5.74, 6) is 0.810. The Labute approximate surface area is 97.9 Å². The molecule has 1 aromatic heterocycles. The average Bonchev–Trinajstić information content (AvgIpc) is 2.63. The first-order chi connectivity index (χ1) is 7.19. The van der Waals surface area contributed by atoms with Crippen LogP contribution in [0.2, 0.25) is 0 Å². The van der Waals surface area contributed by atoms with Crippen LogP contribution in [0.15, 0.2) is 11.4 Å². The number of hydrogen-bond acceptors (Lipinski definition) is 2. The van der Waals surface area contributed by atoms with Crippen molar-refractivity contribution < 1.29 is 0 Å². The Hall–Kier alpha value is -0.340.